The fourth-order valence-electron chi connectivity index (χ4n) is 1.17. The molecular weight excluding hydrogens is 162 g/mol. The Balaban J connectivity index is 3.12. The van der Waals surface area contributed by atoms with Gasteiger partial charge in [-0.3, -0.25) is 0 Å². The summed E-state index contributed by atoms with van der Waals surface area (Å²) < 4.78 is 26.2. The average Bonchev–Trinajstić information content (AvgIpc) is 2.30. The molecule has 0 saturated carbocycles. The maximum Gasteiger partial charge on any atom is 0.280 e. The Morgan fingerprint density at radius 1 is 1.42 bits per heavy atom. The van der Waals surface area contributed by atoms with E-state index in [0.717, 1.165) is 0 Å². The standard InChI is InChI=1S/C8H12F2N2/c1-5(2)6-7(8(9)10)12(3)4-11-6/h4-5,8H,1-3H3. The van der Waals surface area contributed by atoms with Crippen molar-refractivity contribution in [1.82, 2.24) is 9.55 Å². The minimum Gasteiger partial charge on any atom is -0.333 e. The molecule has 1 heterocycles. The zero-order valence-corrected chi connectivity index (χ0v) is 7.38. The molecule has 1 rings (SSSR count). The number of hydrogen-bond donors (Lipinski definition) is 0. The van der Waals surface area contributed by atoms with Crippen LogP contribution in [0.25, 0.3) is 0 Å². The second kappa shape index (κ2) is 3.21. The Kier molecular flexibility index (Phi) is 2.45. The molecule has 1 aromatic rings. The smallest absolute Gasteiger partial charge is 0.280 e. The molecule has 0 unspecified atom stereocenters. The molecule has 0 amide bonds. The van der Waals surface area contributed by atoms with Crippen LogP contribution in [0.1, 0.15) is 37.6 Å². The van der Waals surface area contributed by atoms with E-state index in [1.807, 2.05) is 13.8 Å². The maximum absolute atomic E-state index is 12.4. The quantitative estimate of drug-likeness (QED) is 0.673. The largest absolute Gasteiger partial charge is 0.333 e. The van der Waals surface area contributed by atoms with Crippen molar-refractivity contribution in [3.05, 3.63) is 17.7 Å². The third-order valence-corrected chi connectivity index (χ3v) is 1.77. The summed E-state index contributed by atoms with van der Waals surface area (Å²) >= 11 is 0. The van der Waals surface area contributed by atoms with E-state index in [4.69, 9.17) is 0 Å². The van der Waals surface area contributed by atoms with Crippen LogP contribution in [-0.4, -0.2) is 9.55 Å². The Bertz CT molecular complexity index is 266. The normalized spacial score (nSPS) is 11.6. The minimum atomic E-state index is -2.44. The molecule has 0 aliphatic rings. The summed E-state index contributed by atoms with van der Waals surface area (Å²) in [6, 6.07) is 0. The lowest BCUT2D eigenvalue weighted by molar-refractivity contribution is 0.140. The lowest BCUT2D eigenvalue weighted by Crippen LogP contribution is -2.00. The Morgan fingerprint density at radius 3 is 2.33 bits per heavy atom. The third kappa shape index (κ3) is 1.47. The Morgan fingerprint density at radius 2 is 2.00 bits per heavy atom. The molecule has 0 radical (unpaired) electrons. The fraction of sp³-hybridized carbons (Fsp3) is 0.625. The number of imidazole rings is 1. The lowest BCUT2D eigenvalue weighted by Gasteiger charge is -2.06. The molecule has 0 aromatic carbocycles. The van der Waals surface area contributed by atoms with Crippen LogP contribution in [0, 0.1) is 0 Å². The molecule has 0 atom stereocenters. The van der Waals surface area contributed by atoms with E-state index < -0.39 is 6.43 Å². The van der Waals surface area contributed by atoms with Gasteiger partial charge in [0, 0.05) is 7.05 Å². The van der Waals surface area contributed by atoms with Gasteiger partial charge in [0.2, 0.25) is 0 Å². The third-order valence-electron chi connectivity index (χ3n) is 1.77. The molecule has 2 nitrogen and oxygen atoms in total. The molecule has 0 bridgehead atoms. The van der Waals surface area contributed by atoms with Gasteiger partial charge < -0.3 is 4.57 Å². The van der Waals surface area contributed by atoms with Gasteiger partial charge in [-0.05, 0) is 5.92 Å². The average molecular weight is 174 g/mol. The van der Waals surface area contributed by atoms with Crippen LogP contribution in [0.5, 0.6) is 0 Å². The van der Waals surface area contributed by atoms with Crippen molar-refractivity contribution in [2.75, 3.05) is 0 Å². The van der Waals surface area contributed by atoms with Crippen LogP contribution >= 0.6 is 0 Å². The van der Waals surface area contributed by atoms with Crippen LogP contribution in [0.4, 0.5) is 8.78 Å². The van der Waals surface area contributed by atoms with Crippen molar-refractivity contribution in [3.63, 3.8) is 0 Å². The zero-order chi connectivity index (χ0) is 9.30. The summed E-state index contributed by atoms with van der Waals surface area (Å²) in [6.07, 6.45) is -1.01. The fourth-order valence-corrected chi connectivity index (χ4v) is 1.17. The predicted molar refractivity (Wildman–Crippen MR) is 42.3 cm³/mol. The zero-order valence-electron chi connectivity index (χ0n) is 7.38. The highest BCUT2D eigenvalue weighted by molar-refractivity contribution is 5.17. The molecule has 0 aliphatic carbocycles. The second-order valence-electron chi connectivity index (χ2n) is 3.08. The molecule has 68 valence electrons. The first-order valence-electron chi connectivity index (χ1n) is 3.83. The summed E-state index contributed by atoms with van der Waals surface area (Å²) in [7, 11) is 1.58. The topological polar surface area (TPSA) is 17.8 Å². The van der Waals surface area contributed by atoms with Crippen molar-refractivity contribution in [2.45, 2.75) is 26.2 Å². The lowest BCUT2D eigenvalue weighted by atomic mass is 10.1. The molecule has 0 spiro atoms. The van der Waals surface area contributed by atoms with Gasteiger partial charge in [0.25, 0.3) is 6.43 Å². The van der Waals surface area contributed by atoms with Gasteiger partial charge in [-0.25, -0.2) is 13.8 Å². The summed E-state index contributed by atoms with van der Waals surface area (Å²) in [5, 5.41) is 0. The second-order valence-corrected chi connectivity index (χ2v) is 3.08. The molecule has 12 heavy (non-hydrogen) atoms. The van der Waals surface area contributed by atoms with E-state index >= 15 is 0 Å². The van der Waals surface area contributed by atoms with Gasteiger partial charge in [0.1, 0.15) is 5.69 Å². The van der Waals surface area contributed by atoms with E-state index in [1.165, 1.54) is 10.9 Å². The van der Waals surface area contributed by atoms with E-state index in [2.05, 4.69) is 4.98 Å². The van der Waals surface area contributed by atoms with Crippen LogP contribution in [-0.2, 0) is 7.05 Å². The van der Waals surface area contributed by atoms with Crippen LogP contribution in [0.15, 0.2) is 6.33 Å². The number of rotatable bonds is 2. The Hall–Kier alpha value is -0.930. The van der Waals surface area contributed by atoms with Gasteiger partial charge in [0.05, 0.1) is 12.0 Å². The van der Waals surface area contributed by atoms with Crippen LogP contribution in [0.2, 0.25) is 0 Å². The molecule has 0 aliphatic heterocycles. The maximum atomic E-state index is 12.4. The molecule has 0 saturated heterocycles. The van der Waals surface area contributed by atoms with E-state index in [-0.39, 0.29) is 11.6 Å². The monoisotopic (exact) mass is 174 g/mol. The van der Waals surface area contributed by atoms with Gasteiger partial charge in [-0.2, -0.15) is 0 Å². The van der Waals surface area contributed by atoms with Gasteiger partial charge in [0.15, 0.2) is 0 Å². The van der Waals surface area contributed by atoms with Gasteiger partial charge in [-0.15, -0.1) is 0 Å². The predicted octanol–water partition coefficient (Wildman–Crippen LogP) is 2.48. The summed E-state index contributed by atoms with van der Waals surface area (Å²) in [5.74, 6) is 0.0511. The van der Waals surface area contributed by atoms with E-state index in [9.17, 15) is 8.78 Å². The van der Waals surface area contributed by atoms with E-state index in [1.54, 1.807) is 7.05 Å². The molecule has 1 aromatic heterocycles. The highest BCUT2D eigenvalue weighted by Gasteiger charge is 2.19. The van der Waals surface area contributed by atoms with Crippen molar-refractivity contribution < 1.29 is 8.78 Å². The van der Waals surface area contributed by atoms with Crippen molar-refractivity contribution in [1.29, 1.82) is 0 Å². The van der Waals surface area contributed by atoms with Gasteiger partial charge in [-0.1, -0.05) is 13.8 Å². The highest BCUT2D eigenvalue weighted by atomic mass is 19.3. The molecule has 4 heteroatoms. The molecule has 0 N–H and O–H groups in total. The van der Waals surface area contributed by atoms with Crippen LogP contribution in [0.3, 0.4) is 0 Å². The summed E-state index contributed by atoms with van der Waals surface area (Å²) in [6.45, 7) is 3.71. The summed E-state index contributed by atoms with van der Waals surface area (Å²) in [4.78, 5) is 3.92. The van der Waals surface area contributed by atoms with Crippen molar-refractivity contribution >= 4 is 0 Å². The Labute approximate surface area is 70.2 Å². The number of hydrogen-bond acceptors (Lipinski definition) is 1. The van der Waals surface area contributed by atoms with Crippen molar-refractivity contribution in [2.24, 2.45) is 7.05 Å². The SMILES string of the molecule is CC(C)c1ncn(C)c1C(F)F. The van der Waals surface area contributed by atoms with Crippen molar-refractivity contribution in [3.8, 4) is 0 Å². The van der Waals surface area contributed by atoms with Gasteiger partial charge >= 0.3 is 0 Å². The highest BCUT2D eigenvalue weighted by Crippen LogP contribution is 2.26. The first kappa shape index (κ1) is 9.16. The number of aryl methyl sites for hydroxylation is 1. The van der Waals surface area contributed by atoms with E-state index in [0.29, 0.717) is 5.69 Å². The number of aromatic nitrogens is 2. The number of alkyl halides is 2. The first-order valence-corrected chi connectivity index (χ1v) is 3.83. The van der Waals surface area contributed by atoms with Crippen LogP contribution < -0.4 is 0 Å². The molecular formula is C8H12F2N2. The minimum absolute atomic E-state index is 0.0324. The number of nitrogens with zero attached hydrogens (tertiary/aromatic N) is 2. The summed E-state index contributed by atoms with van der Waals surface area (Å²) in [5.41, 5.74) is 0.525. The first-order chi connectivity index (χ1) is 5.54. The number of halogens is 2. The molecule has 0 fully saturated rings.